The molecule has 2 N–H and O–H groups in total. The van der Waals surface area contributed by atoms with Crippen LogP contribution in [0.25, 0.3) is 16.9 Å². The zero-order chi connectivity index (χ0) is 27.2. The first-order valence-electron chi connectivity index (χ1n) is 13.1. The Kier molecular flexibility index (Phi) is 8.08. The molecule has 0 saturated carbocycles. The lowest BCUT2D eigenvalue weighted by molar-refractivity contribution is 0.262. The van der Waals surface area contributed by atoms with Crippen molar-refractivity contribution in [3.8, 4) is 11.3 Å². The van der Waals surface area contributed by atoms with Crippen LogP contribution in [-0.4, -0.2) is 26.9 Å². The van der Waals surface area contributed by atoms with Gasteiger partial charge in [-0.3, -0.25) is 0 Å². The number of aryl methyl sites for hydroxylation is 1. The van der Waals surface area contributed by atoms with Crippen molar-refractivity contribution in [2.24, 2.45) is 0 Å². The number of nitrogens with zero attached hydrogens (tertiary/aromatic N) is 4. The fourth-order valence-electron chi connectivity index (χ4n) is 4.44. The topological polar surface area (TPSA) is 74.6 Å². The minimum atomic E-state index is -0.297. The summed E-state index contributed by atoms with van der Waals surface area (Å²) in [4.78, 5) is 24.7. The minimum Gasteiger partial charge on any atom is -0.349 e. The number of para-hydroxylation sites is 1. The normalized spacial score (nSPS) is 10.9. The van der Waals surface area contributed by atoms with Crippen LogP contribution in [0.15, 0.2) is 91.4 Å². The predicted molar refractivity (Wildman–Crippen MR) is 160 cm³/mol. The molecular formula is C31H31ClN6O. The van der Waals surface area contributed by atoms with Gasteiger partial charge in [0.25, 0.3) is 0 Å². The standard InChI is InChI=1S/C31H31ClN6O/c1-3-4-17-37(20-23-12-14-25(32)15-13-23)30-29-33-16-18-38(29)21-28(35-30)24-9-7-10-26(19-24)34-31(39)36-27-11-6-5-8-22(27)2/h5-16,18-19,21H,3-4,17,20H2,1-2H3,(H2,34,36,39). The average molecular weight is 539 g/mol. The molecule has 0 spiro atoms. The van der Waals surface area contributed by atoms with E-state index in [0.717, 1.165) is 63.9 Å². The fourth-order valence-corrected chi connectivity index (χ4v) is 4.57. The number of aromatic nitrogens is 3. The molecule has 0 saturated heterocycles. The number of nitrogens with one attached hydrogen (secondary N) is 2. The molecule has 8 heteroatoms. The first-order chi connectivity index (χ1) is 19.0. The Morgan fingerprint density at radius 2 is 1.85 bits per heavy atom. The molecule has 0 aliphatic heterocycles. The molecule has 2 heterocycles. The summed E-state index contributed by atoms with van der Waals surface area (Å²) in [7, 11) is 0. The first kappa shape index (κ1) is 26.3. The smallest absolute Gasteiger partial charge is 0.323 e. The van der Waals surface area contributed by atoms with Gasteiger partial charge in [-0.15, -0.1) is 0 Å². The highest BCUT2D eigenvalue weighted by atomic mass is 35.5. The Morgan fingerprint density at radius 3 is 2.64 bits per heavy atom. The number of halogens is 1. The highest BCUT2D eigenvalue weighted by Crippen LogP contribution is 2.28. The van der Waals surface area contributed by atoms with E-state index in [1.165, 1.54) is 0 Å². The molecule has 2 amide bonds. The number of hydrogen-bond acceptors (Lipinski definition) is 4. The van der Waals surface area contributed by atoms with Gasteiger partial charge in [-0.2, -0.15) is 0 Å². The maximum absolute atomic E-state index is 12.7. The summed E-state index contributed by atoms with van der Waals surface area (Å²) in [6.07, 6.45) is 7.79. The average Bonchev–Trinajstić information content (AvgIpc) is 3.42. The zero-order valence-electron chi connectivity index (χ0n) is 22.1. The molecule has 198 valence electrons. The second-order valence-corrected chi connectivity index (χ2v) is 9.92. The van der Waals surface area contributed by atoms with Gasteiger partial charge in [-0.1, -0.05) is 67.4 Å². The lowest BCUT2D eigenvalue weighted by Crippen LogP contribution is -2.26. The van der Waals surface area contributed by atoms with E-state index >= 15 is 0 Å². The number of imidazole rings is 1. The molecule has 0 atom stereocenters. The quantitative estimate of drug-likeness (QED) is 0.201. The molecule has 7 nitrogen and oxygen atoms in total. The van der Waals surface area contributed by atoms with Crippen LogP contribution < -0.4 is 15.5 Å². The first-order valence-corrected chi connectivity index (χ1v) is 13.4. The van der Waals surface area contributed by atoms with E-state index in [9.17, 15) is 4.79 Å². The third kappa shape index (κ3) is 6.38. The number of hydrogen-bond donors (Lipinski definition) is 2. The summed E-state index contributed by atoms with van der Waals surface area (Å²) in [6.45, 7) is 5.68. The number of amides is 2. The third-order valence-electron chi connectivity index (χ3n) is 6.53. The Morgan fingerprint density at radius 1 is 1.03 bits per heavy atom. The Hall–Kier alpha value is -4.36. The maximum Gasteiger partial charge on any atom is 0.323 e. The number of rotatable bonds is 9. The summed E-state index contributed by atoms with van der Waals surface area (Å²) in [6, 6.07) is 23.0. The van der Waals surface area contributed by atoms with Gasteiger partial charge in [0.2, 0.25) is 0 Å². The molecule has 0 aliphatic rings. The Balaban J connectivity index is 1.44. The number of unbranched alkanes of at least 4 members (excludes halogenated alkanes) is 1. The summed E-state index contributed by atoms with van der Waals surface area (Å²) in [5.41, 5.74) is 6.08. The second-order valence-electron chi connectivity index (χ2n) is 9.48. The van der Waals surface area contributed by atoms with Crippen LogP contribution in [-0.2, 0) is 6.54 Å². The molecule has 5 rings (SSSR count). The molecule has 39 heavy (non-hydrogen) atoms. The van der Waals surface area contributed by atoms with Crippen LogP contribution in [0.4, 0.5) is 22.0 Å². The van der Waals surface area contributed by atoms with E-state index in [0.29, 0.717) is 12.2 Å². The van der Waals surface area contributed by atoms with Crippen LogP contribution in [0.5, 0.6) is 0 Å². The lowest BCUT2D eigenvalue weighted by Gasteiger charge is -2.25. The predicted octanol–water partition coefficient (Wildman–Crippen LogP) is 7.81. The van der Waals surface area contributed by atoms with E-state index in [-0.39, 0.29) is 6.03 Å². The molecule has 0 unspecified atom stereocenters. The number of fused-ring (bicyclic) bond motifs is 1. The van der Waals surface area contributed by atoms with E-state index in [1.807, 2.05) is 96.5 Å². The van der Waals surface area contributed by atoms with Crippen molar-refractivity contribution < 1.29 is 4.79 Å². The largest absolute Gasteiger partial charge is 0.349 e. The van der Waals surface area contributed by atoms with Crippen molar-refractivity contribution in [2.75, 3.05) is 22.1 Å². The highest BCUT2D eigenvalue weighted by molar-refractivity contribution is 6.30. The fraction of sp³-hybridized carbons (Fsp3) is 0.194. The van der Waals surface area contributed by atoms with Gasteiger partial charge in [0.1, 0.15) is 0 Å². The number of benzene rings is 3. The van der Waals surface area contributed by atoms with Crippen LogP contribution in [0, 0.1) is 6.92 Å². The molecule has 0 aliphatic carbocycles. The van der Waals surface area contributed by atoms with E-state index in [1.54, 1.807) is 6.20 Å². The van der Waals surface area contributed by atoms with E-state index < -0.39 is 0 Å². The summed E-state index contributed by atoms with van der Waals surface area (Å²) in [5, 5.41) is 6.58. The summed E-state index contributed by atoms with van der Waals surface area (Å²) in [5.74, 6) is 0.816. The van der Waals surface area contributed by atoms with Crippen LogP contribution in [0.2, 0.25) is 5.02 Å². The molecule has 3 aromatic carbocycles. The number of anilines is 3. The van der Waals surface area contributed by atoms with Crippen LogP contribution in [0.3, 0.4) is 0 Å². The van der Waals surface area contributed by atoms with Crippen molar-refractivity contribution in [3.05, 3.63) is 108 Å². The van der Waals surface area contributed by atoms with Crippen molar-refractivity contribution in [3.63, 3.8) is 0 Å². The molecule has 0 radical (unpaired) electrons. The van der Waals surface area contributed by atoms with Gasteiger partial charge in [-0.05, 0) is 54.8 Å². The van der Waals surface area contributed by atoms with Crippen molar-refractivity contribution in [1.82, 2.24) is 14.4 Å². The lowest BCUT2D eigenvalue weighted by atomic mass is 10.1. The van der Waals surface area contributed by atoms with E-state index in [2.05, 4.69) is 27.4 Å². The number of urea groups is 1. The van der Waals surface area contributed by atoms with Crippen molar-refractivity contribution in [1.29, 1.82) is 0 Å². The monoisotopic (exact) mass is 538 g/mol. The molecule has 0 fully saturated rings. The molecular weight excluding hydrogens is 508 g/mol. The van der Waals surface area contributed by atoms with Gasteiger partial charge in [0.15, 0.2) is 11.5 Å². The molecule has 5 aromatic rings. The summed E-state index contributed by atoms with van der Waals surface area (Å²) >= 11 is 6.12. The van der Waals surface area contributed by atoms with Crippen molar-refractivity contribution >= 4 is 40.5 Å². The SMILES string of the molecule is CCCCN(Cc1ccc(Cl)cc1)c1nc(-c2cccc(NC(=O)Nc3ccccc3C)c2)cn2ccnc12. The molecule has 2 aromatic heterocycles. The highest BCUT2D eigenvalue weighted by Gasteiger charge is 2.17. The Labute approximate surface area is 233 Å². The number of carbonyl (C=O) groups is 1. The minimum absolute atomic E-state index is 0.297. The Bertz CT molecular complexity index is 1580. The number of carbonyl (C=O) groups excluding carboxylic acids is 1. The zero-order valence-corrected chi connectivity index (χ0v) is 22.8. The van der Waals surface area contributed by atoms with Gasteiger partial charge in [0.05, 0.1) is 5.69 Å². The van der Waals surface area contributed by atoms with Crippen molar-refractivity contribution in [2.45, 2.75) is 33.2 Å². The summed E-state index contributed by atoms with van der Waals surface area (Å²) < 4.78 is 2.00. The maximum atomic E-state index is 12.7. The van der Waals surface area contributed by atoms with Crippen LogP contribution >= 0.6 is 11.6 Å². The molecule has 0 bridgehead atoms. The van der Waals surface area contributed by atoms with Gasteiger partial charge >= 0.3 is 6.03 Å². The van der Waals surface area contributed by atoms with Gasteiger partial charge < -0.3 is 19.9 Å². The van der Waals surface area contributed by atoms with Gasteiger partial charge in [0, 0.05) is 53.6 Å². The third-order valence-corrected chi connectivity index (χ3v) is 6.79. The van der Waals surface area contributed by atoms with Crippen LogP contribution in [0.1, 0.15) is 30.9 Å². The second kappa shape index (κ2) is 12.0. The van der Waals surface area contributed by atoms with Gasteiger partial charge in [-0.25, -0.2) is 14.8 Å². The van der Waals surface area contributed by atoms with E-state index in [4.69, 9.17) is 16.6 Å².